The number of rotatable bonds is 8. The van der Waals surface area contributed by atoms with Crippen LogP contribution in [0.4, 0.5) is 5.69 Å². The van der Waals surface area contributed by atoms with Gasteiger partial charge in [-0.15, -0.1) is 0 Å². The standard InChI is InChI=1S/C25H25N9O/c1-15-4-3-5-19(31-15)25-24(33-22(34-25)12-28-21-11-27-14-30-16(21)2)17-6-7-18-20(10-17)32-23(13-29-18)35-9-8-26/h3-7,10-11,13-14,28H,8-9,12,26H2,1-2H3,(H,33,34). The van der Waals surface area contributed by atoms with Crippen molar-refractivity contribution in [3.8, 4) is 28.5 Å². The number of aryl methyl sites for hydroxylation is 2. The maximum absolute atomic E-state index is 5.56. The predicted octanol–water partition coefficient (Wildman–Crippen LogP) is 3.44. The Morgan fingerprint density at radius 2 is 1.91 bits per heavy atom. The van der Waals surface area contributed by atoms with E-state index in [0.717, 1.165) is 51.1 Å². The van der Waals surface area contributed by atoms with E-state index in [2.05, 4.69) is 30.2 Å². The van der Waals surface area contributed by atoms with Gasteiger partial charge in [0, 0.05) is 17.8 Å². The molecule has 4 aromatic heterocycles. The van der Waals surface area contributed by atoms with Gasteiger partial charge in [0.05, 0.1) is 52.7 Å². The first-order valence-corrected chi connectivity index (χ1v) is 11.2. The Kier molecular flexibility index (Phi) is 6.27. The van der Waals surface area contributed by atoms with Gasteiger partial charge in [-0.05, 0) is 38.1 Å². The van der Waals surface area contributed by atoms with Crippen molar-refractivity contribution in [1.29, 1.82) is 0 Å². The maximum atomic E-state index is 5.56. The van der Waals surface area contributed by atoms with Gasteiger partial charge in [-0.2, -0.15) is 0 Å². The van der Waals surface area contributed by atoms with Gasteiger partial charge >= 0.3 is 0 Å². The summed E-state index contributed by atoms with van der Waals surface area (Å²) in [7, 11) is 0. The smallest absolute Gasteiger partial charge is 0.232 e. The first-order chi connectivity index (χ1) is 17.1. The summed E-state index contributed by atoms with van der Waals surface area (Å²) in [6.07, 6.45) is 4.89. The summed E-state index contributed by atoms with van der Waals surface area (Å²) in [5.41, 5.74) is 13.0. The van der Waals surface area contributed by atoms with E-state index in [-0.39, 0.29) is 0 Å². The molecule has 1 aromatic carbocycles. The van der Waals surface area contributed by atoms with Crippen LogP contribution in [-0.4, -0.2) is 48.0 Å². The summed E-state index contributed by atoms with van der Waals surface area (Å²) in [6, 6.07) is 11.8. The molecule has 0 unspecified atom stereocenters. The Morgan fingerprint density at radius 1 is 1.00 bits per heavy atom. The third kappa shape index (κ3) is 4.92. The zero-order valence-electron chi connectivity index (χ0n) is 19.5. The highest BCUT2D eigenvalue weighted by Crippen LogP contribution is 2.31. The minimum atomic E-state index is 0.381. The molecule has 5 rings (SSSR count). The minimum Gasteiger partial charge on any atom is -0.475 e. The lowest BCUT2D eigenvalue weighted by molar-refractivity contribution is 0.315. The molecule has 5 aromatic rings. The number of H-pyrrole nitrogens is 1. The monoisotopic (exact) mass is 467 g/mol. The molecular formula is C25H25N9O. The highest BCUT2D eigenvalue weighted by atomic mass is 16.5. The number of anilines is 1. The molecule has 0 radical (unpaired) electrons. The summed E-state index contributed by atoms with van der Waals surface area (Å²) < 4.78 is 5.56. The molecule has 0 aliphatic rings. The second-order valence-electron chi connectivity index (χ2n) is 8.00. The number of pyridine rings is 1. The lowest BCUT2D eigenvalue weighted by Gasteiger charge is -2.07. The molecule has 0 saturated heterocycles. The average Bonchev–Trinajstić information content (AvgIpc) is 3.31. The number of aromatic amines is 1. The van der Waals surface area contributed by atoms with Crippen LogP contribution in [0.15, 0.2) is 55.1 Å². The fraction of sp³-hybridized carbons (Fsp3) is 0.200. The van der Waals surface area contributed by atoms with Crippen LogP contribution in [-0.2, 0) is 6.54 Å². The molecule has 0 aliphatic carbocycles. The van der Waals surface area contributed by atoms with Gasteiger partial charge in [0.15, 0.2) is 0 Å². The van der Waals surface area contributed by atoms with E-state index in [9.17, 15) is 0 Å². The van der Waals surface area contributed by atoms with E-state index < -0.39 is 0 Å². The SMILES string of the molecule is Cc1cccc(-c2nc(CNc3cncnc3C)[nH]c2-c2ccc3ncc(OCCN)nc3c2)n1. The Balaban J connectivity index is 1.54. The number of nitrogens with one attached hydrogen (secondary N) is 2. The van der Waals surface area contributed by atoms with Crippen molar-refractivity contribution in [3.05, 3.63) is 72.3 Å². The van der Waals surface area contributed by atoms with Crippen molar-refractivity contribution in [2.45, 2.75) is 20.4 Å². The van der Waals surface area contributed by atoms with Crippen LogP contribution in [0.5, 0.6) is 5.88 Å². The van der Waals surface area contributed by atoms with Crippen molar-refractivity contribution in [2.24, 2.45) is 5.73 Å². The predicted molar refractivity (Wildman–Crippen MR) is 134 cm³/mol. The fourth-order valence-electron chi connectivity index (χ4n) is 3.70. The number of hydrogen-bond donors (Lipinski definition) is 3. The number of hydrogen-bond acceptors (Lipinski definition) is 9. The first kappa shape index (κ1) is 22.4. The zero-order chi connectivity index (χ0) is 24.2. The van der Waals surface area contributed by atoms with Crippen LogP contribution in [0.3, 0.4) is 0 Å². The van der Waals surface area contributed by atoms with E-state index in [1.165, 1.54) is 6.33 Å². The molecular weight excluding hydrogens is 442 g/mol. The van der Waals surface area contributed by atoms with Gasteiger partial charge in [0.1, 0.15) is 24.5 Å². The number of fused-ring (bicyclic) bond motifs is 1. The molecule has 0 spiro atoms. The molecule has 0 bridgehead atoms. The molecule has 10 heteroatoms. The average molecular weight is 468 g/mol. The van der Waals surface area contributed by atoms with Crippen molar-refractivity contribution >= 4 is 16.7 Å². The molecule has 176 valence electrons. The number of aromatic nitrogens is 7. The molecule has 0 amide bonds. The van der Waals surface area contributed by atoms with Crippen molar-refractivity contribution in [2.75, 3.05) is 18.5 Å². The Morgan fingerprint density at radius 3 is 2.74 bits per heavy atom. The second-order valence-corrected chi connectivity index (χ2v) is 8.00. The number of benzene rings is 1. The summed E-state index contributed by atoms with van der Waals surface area (Å²) in [4.78, 5) is 30.4. The maximum Gasteiger partial charge on any atom is 0.232 e. The molecule has 4 heterocycles. The van der Waals surface area contributed by atoms with Crippen molar-refractivity contribution in [3.63, 3.8) is 0 Å². The Bertz CT molecular complexity index is 1480. The van der Waals surface area contributed by atoms with Crippen LogP contribution in [0.1, 0.15) is 17.2 Å². The highest BCUT2D eigenvalue weighted by Gasteiger charge is 2.17. The van der Waals surface area contributed by atoms with Crippen molar-refractivity contribution in [1.82, 2.24) is 34.9 Å². The van der Waals surface area contributed by atoms with E-state index in [4.69, 9.17) is 20.4 Å². The first-order valence-electron chi connectivity index (χ1n) is 11.2. The van der Waals surface area contributed by atoms with Gasteiger partial charge in [-0.1, -0.05) is 12.1 Å². The third-order valence-corrected chi connectivity index (χ3v) is 5.42. The van der Waals surface area contributed by atoms with Crippen molar-refractivity contribution < 1.29 is 4.74 Å². The van der Waals surface area contributed by atoms with Crippen LogP contribution in [0.2, 0.25) is 0 Å². The Hall–Kier alpha value is -4.44. The van der Waals surface area contributed by atoms with E-state index in [1.54, 1.807) is 12.4 Å². The molecule has 35 heavy (non-hydrogen) atoms. The van der Waals surface area contributed by atoms with Crippen LogP contribution in [0.25, 0.3) is 33.7 Å². The lowest BCUT2D eigenvalue weighted by Crippen LogP contribution is -2.11. The molecule has 0 fully saturated rings. The van der Waals surface area contributed by atoms with Crippen LogP contribution in [0, 0.1) is 13.8 Å². The number of imidazole rings is 1. The third-order valence-electron chi connectivity index (χ3n) is 5.42. The zero-order valence-corrected chi connectivity index (χ0v) is 19.5. The number of nitrogens with two attached hydrogens (primary N) is 1. The quantitative estimate of drug-likeness (QED) is 0.313. The summed E-state index contributed by atoms with van der Waals surface area (Å²) in [6.45, 7) is 5.15. The molecule has 0 aliphatic heterocycles. The molecule has 10 nitrogen and oxygen atoms in total. The van der Waals surface area contributed by atoms with E-state index >= 15 is 0 Å². The normalized spacial score (nSPS) is 11.1. The van der Waals surface area contributed by atoms with Gasteiger partial charge in [0.25, 0.3) is 0 Å². The lowest BCUT2D eigenvalue weighted by atomic mass is 10.1. The number of nitrogens with zero attached hydrogens (tertiary/aromatic N) is 6. The molecule has 0 atom stereocenters. The fourth-order valence-corrected chi connectivity index (χ4v) is 3.70. The topological polar surface area (TPSA) is 140 Å². The van der Waals surface area contributed by atoms with Gasteiger partial charge in [-0.25, -0.2) is 24.9 Å². The molecule has 0 saturated carbocycles. The molecule has 4 N–H and O–H groups in total. The van der Waals surface area contributed by atoms with Gasteiger partial charge < -0.3 is 20.8 Å². The van der Waals surface area contributed by atoms with Crippen LogP contribution < -0.4 is 15.8 Å². The van der Waals surface area contributed by atoms with Gasteiger partial charge in [-0.3, -0.25) is 4.98 Å². The Labute approximate surface area is 202 Å². The summed E-state index contributed by atoms with van der Waals surface area (Å²) >= 11 is 0. The number of ether oxygens (including phenoxy) is 1. The largest absolute Gasteiger partial charge is 0.475 e. The van der Waals surface area contributed by atoms with E-state index in [0.29, 0.717) is 31.1 Å². The minimum absolute atomic E-state index is 0.381. The second kappa shape index (κ2) is 9.82. The van der Waals surface area contributed by atoms with E-state index in [1.807, 2.05) is 50.2 Å². The van der Waals surface area contributed by atoms with Crippen LogP contribution >= 0.6 is 0 Å². The summed E-state index contributed by atoms with van der Waals surface area (Å²) in [5, 5.41) is 3.35. The van der Waals surface area contributed by atoms with Gasteiger partial charge in [0.2, 0.25) is 5.88 Å². The highest BCUT2D eigenvalue weighted by molar-refractivity contribution is 5.85. The summed E-state index contributed by atoms with van der Waals surface area (Å²) in [5.74, 6) is 1.20.